The van der Waals surface area contributed by atoms with Crippen molar-refractivity contribution in [1.29, 1.82) is 0 Å². The Balaban J connectivity index is 1.60. The molecule has 0 bridgehead atoms. The summed E-state index contributed by atoms with van der Waals surface area (Å²) in [5.74, 6) is -1.48. The Morgan fingerprint density at radius 2 is 1.80 bits per heavy atom. The van der Waals surface area contributed by atoms with Gasteiger partial charge in [-0.25, -0.2) is 0 Å². The number of pyridine rings is 1. The Morgan fingerprint density at radius 3 is 2.50 bits per heavy atom. The van der Waals surface area contributed by atoms with E-state index in [-0.39, 0.29) is 30.5 Å². The third-order valence-electron chi connectivity index (χ3n) is 10.8. The van der Waals surface area contributed by atoms with Crippen LogP contribution in [0.15, 0.2) is 36.7 Å². The van der Waals surface area contributed by atoms with Crippen molar-refractivity contribution in [2.24, 2.45) is 17.3 Å². The zero-order chi connectivity index (χ0) is 36.8. The van der Waals surface area contributed by atoms with E-state index in [0.717, 1.165) is 36.8 Å². The number of carbonyl (C=O) groups is 2. The number of ketones is 1. The minimum atomic E-state index is -1.45. The van der Waals surface area contributed by atoms with Crippen LogP contribution in [0, 0.1) is 17.3 Å². The van der Waals surface area contributed by atoms with Crippen LogP contribution in [0.1, 0.15) is 66.4 Å². The highest BCUT2D eigenvalue weighted by Crippen LogP contribution is 2.38. The summed E-state index contributed by atoms with van der Waals surface area (Å²) in [6.45, 7) is 15.1. The lowest BCUT2D eigenvalue weighted by atomic mass is 9.74. The summed E-state index contributed by atoms with van der Waals surface area (Å²) in [7, 11) is 7.62. The van der Waals surface area contributed by atoms with E-state index >= 15 is 0 Å². The number of aliphatic hydroxyl groups is 1. The van der Waals surface area contributed by atoms with Crippen molar-refractivity contribution in [3.63, 3.8) is 0 Å². The molecule has 0 amide bonds. The first-order valence-corrected chi connectivity index (χ1v) is 18.2. The van der Waals surface area contributed by atoms with Crippen molar-refractivity contribution in [2.75, 3.05) is 61.0 Å². The number of rotatable bonds is 6. The second-order valence-corrected chi connectivity index (χ2v) is 15.8. The highest BCUT2D eigenvalue weighted by molar-refractivity contribution is 6.04. The third-order valence-corrected chi connectivity index (χ3v) is 10.8. The molecule has 0 unspecified atom stereocenters. The number of cyclic esters (lactones) is 1. The van der Waals surface area contributed by atoms with E-state index in [9.17, 15) is 14.7 Å². The molecule has 3 heterocycles. The molecule has 0 spiro atoms. The molecule has 4 rings (SSSR count). The summed E-state index contributed by atoms with van der Waals surface area (Å²) in [6.07, 6.45) is 2.93. The van der Waals surface area contributed by atoms with Crippen molar-refractivity contribution in [3.05, 3.63) is 42.2 Å². The van der Waals surface area contributed by atoms with E-state index in [2.05, 4.69) is 47.0 Å². The van der Waals surface area contributed by atoms with Crippen molar-refractivity contribution >= 4 is 22.5 Å². The Bertz CT molecular complexity index is 1420. The smallest absolute Gasteiger partial charge is 0.319 e. The van der Waals surface area contributed by atoms with Crippen LogP contribution in [0.3, 0.4) is 0 Å². The van der Waals surface area contributed by atoms with Crippen LogP contribution in [0.4, 0.5) is 0 Å². The zero-order valence-corrected chi connectivity index (χ0v) is 32.1. The highest BCUT2D eigenvalue weighted by Gasteiger charge is 2.51. The van der Waals surface area contributed by atoms with E-state index in [1.54, 1.807) is 34.1 Å². The largest absolute Gasteiger partial charge is 0.464 e. The maximum Gasteiger partial charge on any atom is 0.319 e. The standard InChI is InChI=1S/C39H62N4O7/c1-26-22-39(6,47-10)35(50-36-33(44)32(41(7)8)20-27(2)49-36)28(3)34(45)38(4,5)37(46)48-19-18-43(17-11-16-42(9)24-26)25-29-12-13-31-23-40-15-14-30(31)21-29/h12-15,21,23,26-28,32-33,35-36,44H,11,16-20,22,24-25H2,1-10H3/t26-,27-,28+,32+,33-,35-,36+,39-/m1/s1. The number of nitrogens with zero attached hydrogens (tertiary/aromatic N) is 4. The number of carbonyl (C=O) groups excluding carboxylic acids is 2. The van der Waals surface area contributed by atoms with Crippen LogP contribution in [-0.2, 0) is 35.1 Å². The molecular formula is C39H62N4O7. The summed E-state index contributed by atoms with van der Waals surface area (Å²) in [5, 5.41) is 13.6. The molecule has 11 nitrogen and oxygen atoms in total. The first-order valence-electron chi connectivity index (χ1n) is 18.2. The fourth-order valence-corrected chi connectivity index (χ4v) is 7.86. The zero-order valence-electron chi connectivity index (χ0n) is 32.1. The lowest BCUT2D eigenvalue weighted by Crippen LogP contribution is -2.59. The number of methoxy groups -OCH3 is 1. The fraction of sp³-hybridized carbons (Fsp3) is 0.718. The third kappa shape index (κ3) is 9.87. The molecule has 0 radical (unpaired) electrons. The number of aliphatic hydroxyl groups excluding tert-OH is 1. The van der Waals surface area contributed by atoms with Crippen molar-refractivity contribution in [2.45, 2.75) is 104 Å². The molecular weight excluding hydrogens is 636 g/mol. The molecule has 11 heteroatoms. The number of aromatic nitrogens is 1. The van der Waals surface area contributed by atoms with Gasteiger partial charge in [-0.1, -0.05) is 26.0 Å². The van der Waals surface area contributed by atoms with Gasteiger partial charge in [0.25, 0.3) is 0 Å². The quantitative estimate of drug-likeness (QED) is 0.343. The Labute approximate surface area is 299 Å². The van der Waals surface area contributed by atoms with Crippen molar-refractivity contribution < 1.29 is 33.6 Å². The van der Waals surface area contributed by atoms with E-state index in [0.29, 0.717) is 25.9 Å². The van der Waals surface area contributed by atoms with Crippen LogP contribution >= 0.6 is 0 Å². The lowest BCUT2D eigenvalue weighted by molar-refractivity contribution is -0.295. The van der Waals surface area contributed by atoms with Crippen LogP contribution in [0.25, 0.3) is 10.8 Å². The average Bonchev–Trinajstić information content (AvgIpc) is 3.06. The lowest BCUT2D eigenvalue weighted by Gasteiger charge is -2.47. The van der Waals surface area contributed by atoms with Gasteiger partial charge in [-0.2, -0.15) is 0 Å². The van der Waals surface area contributed by atoms with Crippen LogP contribution in [0.2, 0.25) is 0 Å². The van der Waals surface area contributed by atoms with Gasteiger partial charge in [0.1, 0.15) is 18.1 Å². The van der Waals surface area contributed by atoms with Gasteiger partial charge in [-0.3, -0.25) is 19.5 Å². The Kier molecular flexibility index (Phi) is 14.0. The van der Waals surface area contributed by atoms with E-state index in [1.165, 1.54) is 5.56 Å². The summed E-state index contributed by atoms with van der Waals surface area (Å²) >= 11 is 0. The summed E-state index contributed by atoms with van der Waals surface area (Å²) in [5.41, 5.74) is -1.21. The van der Waals surface area contributed by atoms with Gasteiger partial charge < -0.3 is 33.9 Å². The number of fused-ring (bicyclic) bond motifs is 1. The highest BCUT2D eigenvalue weighted by atomic mass is 16.7. The molecule has 280 valence electrons. The van der Waals surface area contributed by atoms with Crippen molar-refractivity contribution in [3.8, 4) is 0 Å². The number of benzene rings is 1. The number of Topliss-reactive ketones (excluding diaryl/α,β-unsaturated/α-hetero) is 1. The number of esters is 1. The fourth-order valence-electron chi connectivity index (χ4n) is 7.86. The van der Waals surface area contributed by atoms with E-state index in [1.807, 2.05) is 45.1 Å². The Morgan fingerprint density at radius 1 is 1.06 bits per heavy atom. The van der Waals surface area contributed by atoms with Gasteiger partial charge >= 0.3 is 5.97 Å². The predicted octanol–water partition coefficient (Wildman–Crippen LogP) is 4.39. The van der Waals surface area contributed by atoms with Crippen LogP contribution in [0.5, 0.6) is 0 Å². The minimum Gasteiger partial charge on any atom is -0.464 e. The molecule has 2 fully saturated rings. The van der Waals surface area contributed by atoms with Gasteiger partial charge in [0.2, 0.25) is 0 Å². The number of likely N-dealkylation sites (N-methyl/N-ethyl adjacent to an activating group) is 1. The normalized spacial score (nSPS) is 33.3. The second kappa shape index (κ2) is 17.3. The number of hydrogen-bond donors (Lipinski definition) is 1. The first kappa shape index (κ1) is 40.3. The first-order chi connectivity index (χ1) is 23.5. The van der Waals surface area contributed by atoms with Crippen LogP contribution in [-0.4, -0.2) is 134 Å². The minimum absolute atomic E-state index is 0.163. The predicted molar refractivity (Wildman–Crippen MR) is 195 cm³/mol. The SMILES string of the molecule is CO[C@]1(C)C[C@@H](C)CN(C)CCCN(Cc2ccc3cnccc3c2)CCOC(=O)C(C)(C)C(=O)[C@H](C)[C@H]1O[C@@H]1O[C@H](C)C[C@H](N(C)C)[C@H]1O. The average molecular weight is 699 g/mol. The molecule has 8 atom stereocenters. The molecule has 2 aliphatic rings. The van der Waals surface area contributed by atoms with Gasteiger partial charge in [-0.15, -0.1) is 0 Å². The van der Waals surface area contributed by atoms with E-state index < -0.39 is 41.4 Å². The number of ether oxygens (including phenoxy) is 4. The maximum atomic E-state index is 14.4. The topological polar surface area (TPSA) is 114 Å². The molecule has 2 saturated heterocycles. The molecule has 1 aromatic carbocycles. The molecule has 1 aromatic heterocycles. The maximum absolute atomic E-state index is 14.4. The van der Waals surface area contributed by atoms with E-state index in [4.69, 9.17) is 18.9 Å². The summed E-state index contributed by atoms with van der Waals surface area (Å²) < 4.78 is 25.0. The molecule has 1 N–H and O–H groups in total. The van der Waals surface area contributed by atoms with Gasteiger partial charge in [0.15, 0.2) is 12.1 Å². The monoisotopic (exact) mass is 698 g/mol. The summed E-state index contributed by atoms with van der Waals surface area (Å²) in [6, 6.07) is 8.24. The Hall–Kier alpha value is -2.51. The molecule has 2 aliphatic heterocycles. The van der Waals surface area contributed by atoms with Crippen molar-refractivity contribution in [1.82, 2.24) is 19.7 Å². The molecule has 50 heavy (non-hydrogen) atoms. The molecule has 2 aromatic rings. The second-order valence-electron chi connectivity index (χ2n) is 15.8. The van der Waals surface area contributed by atoms with Crippen LogP contribution < -0.4 is 0 Å². The van der Waals surface area contributed by atoms with Gasteiger partial charge in [0.05, 0.1) is 17.8 Å². The number of hydrogen-bond acceptors (Lipinski definition) is 11. The summed E-state index contributed by atoms with van der Waals surface area (Å²) in [4.78, 5) is 38.9. The van der Waals surface area contributed by atoms with Gasteiger partial charge in [0, 0.05) is 56.5 Å². The molecule has 0 aliphatic carbocycles. The molecule has 0 saturated carbocycles. The van der Waals surface area contributed by atoms with Gasteiger partial charge in [-0.05, 0) is 110 Å².